The normalized spacial score (nSPS) is 16.1. The molecule has 0 amide bonds. The molecule has 0 aromatic heterocycles. The van der Waals surface area contributed by atoms with Gasteiger partial charge in [-0.3, -0.25) is 4.84 Å². The second-order valence-electron chi connectivity index (χ2n) is 5.33. The van der Waals surface area contributed by atoms with Gasteiger partial charge < -0.3 is 18.9 Å². The van der Waals surface area contributed by atoms with Crippen molar-refractivity contribution < 1.29 is 43.0 Å². The highest BCUT2D eigenvalue weighted by Gasteiger charge is 2.21. The van der Waals surface area contributed by atoms with Gasteiger partial charge in [0.25, 0.3) is 0 Å². The van der Waals surface area contributed by atoms with Crippen molar-refractivity contribution in [3.63, 3.8) is 0 Å². The first-order valence-corrected chi connectivity index (χ1v) is 8.22. The fraction of sp³-hybridized carbons (Fsp3) is 0.529. The lowest BCUT2D eigenvalue weighted by Gasteiger charge is -2.29. The molecule has 0 aliphatic carbocycles. The Balaban J connectivity index is 2.60. The summed E-state index contributed by atoms with van der Waals surface area (Å²) in [5.41, 5.74) is 0. The number of ether oxygens (including phenoxy) is 4. The molecule has 10 heteroatoms. The molecule has 0 aromatic rings. The minimum absolute atomic E-state index is 0.172. The van der Waals surface area contributed by atoms with Crippen molar-refractivity contribution in [3.8, 4) is 0 Å². The van der Waals surface area contributed by atoms with Gasteiger partial charge in [0.15, 0.2) is 6.10 Å². The number of hydrogen-bond acceptors (Lipinski definition) is 10. The Hall–Kier alpha value is -2.72. The molecule has 1 fully saturated rings. The zero-order valence-electron chi connectivity index (χ0n) is 15.3. The molecule has 1 aliphatic rings. The SMILES string of the molecule is COC(=O)/C=C/C(=O)OCC(CN1CCCCO1)OC(=O)/C=C/C(=O)OC. The smallest absolute Gasteiger partial charge is 0.331 e. The lowest BCUT2D eigenvalue weighted by Crippen LogP contribution is -2.40. The second-order valence-corrected chi connectivity index (χ2v) is 5.33. The average Bonchev–Trinajstić information content (AvgIpc) is 2.68. The van der Waals surface area contributed by atoms with E-state index in [0.717, 1.165) is 37.1 Å². The van der Waals surface area contributed by atoms with Crippen LogP contribution in [-0.4, -0.2) is 75.6 Å². The minimum atomic E-state index is -0.839. The highest BCUT2D eigenvalue weighted by Crippen LogP contribution is 2.09. The number of carbonyl (C=O) groups is 4. The van der Waals surface area contributed by atoms with Crippen LogP contribution in [0.2, 0.25) is 0 Å². The standard InChI is InChI=1S/C17H23NO9/c1-23-14(19)5-7-16(21)25-12-13(11-18-9-3-4-10-26-18)27-17(22)8-6-15(20)24-2/h5-8,13H,3-4,9-12H2,1-2H3/b7-5+,8-6+. The summed E-state index contributed by atoms with van der Waals surface area (Å²) in [5.74, 6) is -3.01. The zero-order chi connectivity index (χ0) is 20.1. The van der Waals surface area contributed by atoms with Crippen LogP contribution >= 0.6 is 0 Å². The highest BCUT2D eigenvalue weighted by atomic mass is 16.7. The third-order valence-corrected chi connectivity index (χ3v) is 3.29. The quantitative estimate of drug-likeness (QED) is 0.303. The van der Waals surface area contributed by atoms with Crippen LogP contribution in [0.25, 0.3) is 0 Å². The summed E-state index contributed by atoms with van der Waals surface area (Å²) in [6, 6.07) is 0. The third kappa shape index (κ3) is 10.1. The first-order valence-electron chi connectivity index (χ1n) is 8.22. The van der Waals surface area contributed by atoms with E-state index < -0.39 is 30.0 Å². The molecule has 0 bridgehead atoms. The van der Waals surface area contributed by atoms with Crippen molar-refractivity contribution in [2.45, 2.75) is 18.9 Å². The predicted octanol–water partition coefficient (Wildman–Crippen LogP) is -0.0728. The topological polar surface area (TPSA) is 118 Å². The third-order valence-electron chi connectivity index (χ3n) is 3.29. The van der Waals surface area contributed by atoms with E-state index in [1.807, 2.05) is 0 Å². The van der Waals surface area contributed by atoms with Crippen LogP contribution in [0, 0.1) is 0 Å². The Kier molecular flexibility index (Phi) is 10.4. The molecule has 0 aromatic carbocycles. The molecule has 1 unspecified atom stereocenters. The Morgan fingerprint density at radius 2 is 1.52 bits per heavy atom. The lowest BCUT2D eigenvalue weighted by molar-refractivity contribution is -0.201. The van der Waals surface area contributed by atoms with Crippen molar-refractivity contribution in [3.05, 3.63) is 24.3 Å². The summed E-state index contributed by atoms with van der Waals surface area (Å²) in [7, 11) is 2.35. The van der Waals surface area contributed by atoms with Crippen LogP contribution in [0.5, 0.6) is 0 Å². The van der Waals surface area contributed by atoms with Gasteiger partial charge in [-0.25, -0.2) is 19.2 Å². The van der Waals surface area contributed by atoms with Gasteiger partial charge in [0.2, 0.25) is 0 Å². The van der Waals surface area contributed by atoms with Gasteiger partial charge in [-0.05, 0) is 12.8 Å². The van der Waals surface area contributed by atoms with E-state index in [-0.39, 0.29) is 13.2 Å². The molecule has 1 aliphatic heterocycles. The maximum atomic E-state index is 11.8. The van der Waals surface area contributed by atoms with Crippen molar-refractivity contribution in [1.82, 2.24) is 5.06 Å². The van der Waals surface area contributed by atoms with Gasteiger partial charge in [-0.15, -0.1) is 0 Å². The van der Waals surface area contributed by atoms with Crippen LogP contribution in [0.3, 0.4) is 0 Å². The number of esters is 4. The number of carbonyl (C=O) groups excluding carboxylic acids is 4. The molecule has 150 valence electrons. The Morgan fingerprint density at radius 1 is 0.926 bits per heavy atom. The number of methoxy groups -OCH3 is 2. The van der Waals surface area contributed by atoms with Crippen molar-refractivity contribution in [2.75, 3.05) is 40.5 Å². The number of hydrogen-bond donors (Lipinski definition) is 0. The summed E-state index contributed by atoms with van der Waals surface area (Å²) < 4.78 is 18.9. The maximum Gasteiger partial charge on any atom is 0.331 e. The summed E-state index contributed by atoms with van der Waals surface area (Å²) in [5, 5.41) is 1.61. The summed E-state index contributed by atoms with van der Waals surface area (Å²) >= 11 is 0. The first-order chi connectivity index (χ1) is 12.9. The van der Waals surface area contributed by atoms with Crippen molar-refractivity contribution in [2.24, 2.45) is 0 Å². The molecule has 1 saturated heterocycles. The zero-order valence-corrected chi connectivity index (χ0v) is 15.3. The van der Waals surface area contributed by atoms with E-state index in [4.69, 9.17) is 14.3 Å². The molecule has 1 rings (SSSR count). The van der Waals surface area contributed by atoms with Gasteiger partial charge in [0.05, 0.1) is 27.4 Å². The fourth-order valence-corrected chi connectivity index (χ4v) is 1.98. The first kappa shape index (κ1) is 22.3. The number of rotatable bonds is 9. The van der Waals surface area contributed by atoms with E-state index >= 15 is 0 Å². The molecule has 0 spiro atoms. The predicted molar refractivity (Wildman–Crippen MR) is 89.9 cm³/mol. The maximum absolute atomic E-state index is 11.8. The summed E-state index contributed by atoms with van der Waals surface area (Å²) in [4.78, 5) is 50.9. The lowest BCUT2D eigenvalue weighted by atomic mass is 10.3. The van der Waals surface area contributed by atoms with E-state index in [0.29, 0.717) is 13.2 Å². The van der Waals surface area contributed by atoms with Crippen LogP contribution < -0.4 is 0 Å². The van der Waals surface area contributed by atoms with Crippen LogP contribution in [0.4, 0.5) is 0 Å². The van der Waals surface area contributed by atoms with Crippen molar-refractivity contribution in [1.29, 1.82) is 0 Å². The largest absolute Gasteiger partial charge is 0.466 e. The average molecular weight is 385 g/mol. The molecular formula is C17H23NO9. The number of nitrogens with zero attached hydrogens (tertiary/aromatic N) is 1. The van der Waals surface area contributed by atoms with E-state index in [1.165, 1.54) is 14.2 Å². The second kappa shape index (κ2) is 12.6. The van der Waals surface area contributed by atoms with Crippen LogP contribution in [0.15, 0.2) is 24.3 Å². The molecule has 0 saturated carbocycles. The van der Waals surface area contributed by atoms with E-state index in [1.54, 1.807) is 5.06 Å². The van der Waals surface area contributed by atoms with E-state index in [2.05, 4.69) is 9.47 Å². The molecule has 0 N–H and O–H groups in total. The number of hydroxylamine groups is 2. The Bertz CT molecular complexity index is 579. The Labute approximate surface area is 156 Å². The molecule has 27 heavy (non-hydrogen) atoms. The fourth-order valence-electron chi connectivity index (χ4n) is 1.98. The van der Waals surface area contributed by atoms with Gasteiger partial charge in [-0.1, -0.05) is 0 Å². The molecular weight excluding hydrogens is 362 g/mol. The highest BCUT2D eigenvalue weighted by molar-refractivity contribution is 5.92. The van der Waals surface area contributed by atoms with E-state index in [9.17, 15) is 19.2 Å². The summed E-state index contributed by atoms with van der Waals surface area (Å²) in [6.45, 7) is 1.10. The van der Waals surface area contributed by atoms with Crippen LogP contribution in [0.1, 0.15) is 12.8 Å². The van der Waals surface area contributed by atoms with Gasteiger partial charge in [-0.2, -0.15) is 5.06 Å². The minimum Gasteiger partial charge on any atom is -0.466 e. The van der Waals surface area contributed by atoms with Gasteiger partial charge in [0, 0.05) is 30.8 Å². The van der Waals surface area contributed by atoms with Gasteiger partial charge >= 0.3 is 23.9 Å². The monoisotopic (exact) mass is 385 g/mol. The molecule has 1 heterocycles. The summed E-state index contributed by atoms with van der Waals surface area (Å²) in [6.07, 6.45) is 4.65. The molecule has 1 atom stereocenters. The Morgan fingerprint density at radius 3 is 2.07 bits per heavy atom. The molecule has 10 nitrogen and oxygen atoms in total. The van der Waals surface area contributed by atoms with Crippen molar-refractivity contribution >= 4 is 23.9 Å². The van der Waals surface area contributed by atoms with Crippen LogP contribution in [-0.2, 0) is 43.0 Å². The molecule has 0 radical (unpaired) electrons. The van der Waals surface area contributed by atoms with Gasteiger partial charge in [0.1, 0.15) is 6.61 Å².